The van der Waals surface area contributed by atoms with Gasteiger partial charge < -0.3 is 10.1 Å². The van der Waals surface area contributed by atoms with Crippen molar-refractivity contribution in [2.75, 3.05) is 13.7 Å². The van der Waals surface area contributed by atoms with Crippen LogP contribution >= 0.6 is 11.3 Å². The van der Waals surface area contributed by atoms with Gasteiger partial charge in [-0.05, 0) is 46.7 Å². The van der Waals surface area contributed by atoms with E-state index < -0.39 is 0 Å². The Labute approximate surface area is 115 Å². The van der Waals surface area contributed by atoms with E-state index >= 15 is 0 Å². The van der Waals surface area contributed by atoms with Crippen molar-refractivity contribution < 1.29 is 13.9 Å². The lowest BCUT2D eigenvalue weighted by atomic mass is 10.1. The van der Waals surface area contributed by atoms with Crippen LogP contribution in [0.1, 0.15) is 22.0 Å². The minimum absolute atomic E-state index is 0.171. The summed E-state index contributed by atoms with van der Waals surface area (Å²) in [5, 5.41) is 6.72. The number of amides is 1. The quantitative estimate of drug-likeness (QED) is 0.913. The molecule has 1 heterocycles. The van der Waals surface area contributed by atoms with Crippen LogP contribution in [0.3, 0.4) is 0 Å². The second-order valence-corrected chi connectivity index (χ2v) is 4.78. The molecule has 0 spiro atoms. The van der Waals surface area contributed by atoms with Crippen molar-refractivity contribution in [1.82, 2.24) is 5.32 Å². The van der Waals surface area contributed by atoms with Gasteiger partial charge >= 0.3 is 0 Å². The average molecular weight is 279 g/mol. The molecule has 0 saturated carbocycles. The first-order valence-corrected chi connectivity index (χ1v) is 6.73. The molecule has 0 bridgehead atoms. The van der Waals surface area contributed by atoms with E-state index in [4.69, 9.17) is 4.74 Å². The summed E-state index contributed by atoms with van der Waals surface area (Å²) in [7, 11) is 1.60. The Morgan fingerprint density at radius 2 is 2.11 bits per heavy atom. The molecule has 1 aromatic carbocycles. The summed E-state index contributed by atoms with van der Waals surface area (Å²) in [4.78, 5) is 11.9. The Morgan fingerprint density at radius 3 is 2.68 bits per heavy atom. The van der Waals surface area contributed by atoms with Crippen molar-refractivity contribution >= 4 is 17.2 Å². The van der Waals surface area contributed by atoms with Crippen molar-refractivity contribution in [3.63, 3.8) is 0 Å². The molecule has 19 heavy (non-hydrogen) atoms. The van der Waals surface area contributed by atoms with Crippen LogP contribution in [0.25, 0.3) is 0 Å². The third-order valence-electron chi connectivity index (χ3n) is 2.75. The maximum Gasteiger partial charge on any atom is 0.251 e. The van der Waals surface area contributed by atoms with Crippen LogP contribution in [-0.2, 0) is 4.74 Å². The summed E-state index contributed by atoms with van der Waals surface area (Å²) >= 11 is 1.58. The molecule has 0 saturated heterocycles. The van der Waals surface area contributed by atoms with Gasteiger partial charge in [0.25, 0.3) is 5.91 Å². The fourth-order valence-corrected chi connectivity index (χ4v) is 2.39. The number of benzene rings is 1. The number of carbonyl (C=O) groups excluding carboxylic acids is 1. The number of ether oxygens (including phenoxy) is 1. The van der Waals surface area contributed by atoms with E-state index in [0.717, 1.165) is 5.56 Å². The van der Waals surface area contributed by atoms with Gasteiger partial charge in [0.1, 0.15) is 11.9 Å². The van der Waals surface area contributed by atoms with Crippen LogP contribution in [0, 0.1) is 5.82 Å². The summed E-state index contributed by atoms with van der Waals surface area (Å²) in [5.74, 6) is -0.595. The highest BCUT2D eigenvalue weighted by Crippen LogP contribution is 2.18. The third kappa shape index (κ3) is 3.62. The van der Waals surface area contributed by atoms with E-state index in [-0.39, 0.29) is 17.8 Å². The molecule has 5 heteroatoms. The molecule has 0 radical (unpaired) electrons. The largest absolute Gasteiger partial charge is 0.375 e. The Bertz CT molecular complexity index is 525. The van der Waals surface area contributed by atoms with Crippen molar-refractivity contribution in [2.24, 2.45) is 0 Å². The van der Waals surface area contributed by atoms with Crippen LogP contribution in [0.5, 0.6) is 0 Å². The van der Waals surface area contributed by atoms with E-state index in [0.29, 0.717) is 12.1 Å². The van der Waals surface area contributed by atoms with Gasteiger partial charge in [-0.25, -0.2) is 4.39 Å². The Kier molecular flexibility index (Phi) is 4.65. The number of halogens is 1. The van der Waals surface area contributed by atoms with E-state index in [1.165, 1.54) is 24.3 Å². The fourth-order valence-electron chi connectivity index (χ4n) is 1.68. The zero-order chi connectivity index (χ0) is 13.7. The summed E-state index contributed by atoms with van der Waals surface area (Å²) in [5.41, 5.74) is 1.47. The van der Waals surface area contributed by atoms with E-state index in [2.05, 4.69) is 5.32 Å². The molecule has 3 nitrogen and oxygen atoms in total. The molecule has 2 aromatic rings. The second kappa shape index (κ2) is 6.45. The first kappa shape index (κ1) is 13.7. The molecule has 0 aliphatic carbocycles. The summed E-state index contributed by atoms with van der Waals surface area (Å²) in [6, 6.07) is 7.40. The van der Waals surface area contributed by atoms with Gasteiger partial charge in [0.15, 0.2) is 0 Å². The molecular formula is C14H14FNO2S. The lowest BCUT2D eigenvalue weighted by molar-refractivity contribution is 0.0829. The molecule has 1 aromatic heterocycles. The molecule has 1 N–H and O–H groups in total. The standard InChI is InChI=1S/C14H14FNO2S/c1-18-13(11-6-7-19-9-11)8-16-14(17)10-2-4-12(15)5-3-10/h2-7,9,13H,8H2,1H3,(H,16,17). The number of nitrogens with one attached hydrogen (secondary N) is 1. The van der Waals surface area contributed by atoms with Gasteiger partial charge in [-0.3, -0.25) is 4.79 Å². The molecule has 0 aliphatic rings. The molecule has 2 rings (SSSR count). The highest BCUT2D eigenvalue weighted by atomic mass is 32.1. The lowest BCUT2D eigenvalue weighted by Gasteiger charge is -2.15. The SMILES string of the molecule is COC(CNC(=O)c1ccc(F)cc1)c1ccsc1. The first-order valence-electron chi connectivity index (χ1n) is 5.79. The van der Waals surface area contributed by atoms with Crippen LogP contribution < -0.4 is 5.32 Å². The molecular weight excluding hydrogens is 265 g/mol. The van der Waals surface area contributed by atoms with Crippen molar-refractivity contribution in [2.45, 2.75) is 6.10 Å². The predicted octanol–water partition coefficient (Wildman–Crippen LogP) is 3.00. The molecule has 0 aliphatic heterocycles. The highest BCUT2D eigenvalue weighted by Gasteiger charge is 2.13. The highest BCUT2D eigenvalue weighted by molar-refractivity contribution is 7.07. The van der Waals surface area contributed by atoms with Crippen molar-refractivity contribution in [3.8, 4) is 0 Å². The van der Waals surface area contributed by atoms with Gasteiger partial charge in [-0.1, -0.05) is 0 Å². The minimum Gasteiger partial charge on any atom is -0.375 e. The molecule has 0 fully saturated rings. The van der Waals surface area contributed by atoms with Crippen LogP contribution in [0.4, 0.5) is 4.39 Å². The Balaban J connectivity index is 1.94. The predicted molar refractivity (Wildman–Crippen MR) is 72.8 cm³/mol. The van der Waals surface area contributed by atoms with Gasteiger partial charge in [0.05, 0.1) is 0 Å². The smallest absolute Gasteiger partial charge is 0.251 e. The topological polar surface area (TPSA) is 38.3 Å². The Morgan fingerprint density at radius 1 is 1.37 bits per heavy atom. The summed E-state index contributed by atoms with van der Waals surface area (Å²) < 4.78 is 18.1. The fraction of sp³-hybridized carbons (Fsp3) is 0.214. The summed E-state index contributed by atoms with van der Waals surface area (Å²) in [6.45, 7) is 0.378. The number of rotatable bonds is 5. The molecule has 100 valence electrons. The van der Waals surface area contributed by atoms with Crippen molar-refractivity contribution in [1.29, 1.82) is 0 Å². The van der Waals surface area contributed by atoms with Gasteiger partial charge in [0.2, 0.25) is 0 Å². The number of hydrogen-bond donors (Lipinski definition) is 1. The lowest BCUT2D eigenvalue weighted by Crippen LogP contribution is -2.28. The average Bonchev–Trinajstić information content (AvgIpc) is 2.94. The third-order valence-corrected chi connectivity index (χ3v) is 3.46. The van der Waals surface area contributed by atoms with E-state index in [1.807, 2.05) is 16.8 Å². The monoisotopic (exact) mass is 279 g/mol. The van der Waals surface area contributed by atoms with Gasteiger partial charge in [0, 0.05) is 19.2 Å². The minimum atomic E-state index is -0.357. The van der Waals surface area contributed by atoms with Crippen LogP contribution in [0.15, 0.2) is 41.1 Å². The van der Waals surface area contributed by atoms with Crippen LogP contribution in [-0.4, -0.2) is 19.6 Å². The summed E-state index contributed by atoms with van der Waals surface area (Å²) in [6.07, 6.45) is -0.171. The van der Waals surface area contributed by atoms with Crippen molar-refractivity contribution in [3.05, 3.63) is 58.0 Å². The van der Waals surface area contributed by atoms with Gasteiger partial charge in [-0.15, -0.1) is 0 Å². The number of thiophene rings is 1. The zero-order valence-corrected chi connectivity index (χ0v) is 11.2. The Hall–Kier alpha value is -1.72. The molecule has 1 amide bonds. The molecule has 1 atom stereocenters. The van der Waals surface area contributed by atoms with E-state index in [1.54, 1.807) is 18.4 Å². The maximum absolute atomic E-state index is 12.8. The normalized spacial score (nSPS) is 12.1. The second-order valence-electron chi connectivity index (χ2n) is 4.00. The van der Waals surface area contributed by atoms with Gasteiger partial charge in [-0.2, -0.15) is 11.3 Å². The number of carbonyl (C=O) groups is 1. The number of methoxy groups -OCH3 is 1. The first-order chi connectivity index (χ1) is 9.20. The maximum atomic E-state index is 12.8. The molecule has 1 unspecified atom stereocenters. The number of hydrogen-bond acceptors (Lipinski definition) is 3. The van der Waals surface area contributed by atoms with E-state index in [9.17, 15) is 9.18 Å². The zero-order valence-electron chi connectivity index (χ0n) is 10.4. The van der Waals surface area contributed by atoms with Crippen LogP contribution in [0.2, 0.25) is 0 Å².